The van der Waals surface area contributed by atoms with Gasteiger partial charge in [-0.1, -0.05) is 6.92 Å². The van der Waals surface area contributed by atoms with Crippen molar-refractivity contribution in [2.45, 2.75) is 39.3 Å². The molecule has 0 amide bonds. The zero-order valence-electron chi connectivity index (χ0n) is 10.2. The lowest BCUT2D eigenvalue weighted by Crippen LogP contribution is -2.37. The fourth-order valence-electron chi connectivity index (χ4n) is 1.22. The third kappa shape index (κ3) is 6.65. The SMILES string of the molecule is CCO[Si](C)(CCCOC(=O)CC)OC. The van der Waals surface area contributed by atoms with Crippen LogP contribution in [0.5, 0.6) is 0 Å². The smallest absolute Gasteiger partial charge is 0.334 e. The Balaban J connectivity index is 3.67. The van der Waals surface area contributed by atoms with Crippen LogP contribution in [0.15, 0.2) is 0 Å². The van der Waals surface area contributed by atoms with Gasteiger partial charge in [-0.15, -0.1) is 0 Å². The Morgan fingerprint density at radius 1 is 1.33 bits per heavy atom. The molecular weight excluding hydrogens is 212 g/mol. The molecule has 1 unspecified atom stereocenters. The van der Waals surface area contributed by atoms with E-state index in [1.807, 2.05) is 13.5 Å². The molecular formula is C10H22O4Si. The van der Waals surface area contributed by atoms with Crippen molar-refractivity contribution in [3.63, 3.8) is 0 Å². The van der Waals surface area contributed by atoms with Gasteiger partial charge in [-0.05, 0) is 25.9 Å². The summed E-state index contributed by atoms with van der Waals surface area (Å²) < 4.78 is 16.0. The van der Waals surface area contributed by atoms with E-state index in [1.54, 1.807) is 14.0 Å². The Kier molecular flexibility index (Phi) is 7.64. The first-order valence-electron chi connectivity index (χ1n) is 5.42. The zero-order valence-corrected chi connectivity index (χ0v) is 11.2. The predicted molar refractivity (Wildman–Crippen MR) is 60.9 cm³/mol. The molecule has 0 bridgehead atoms. The van der Waals surface area contributed by atoms with E-state index in [1.165, 1.54) is 0 Å². The lowest BCUT2D eigenvalue weighted by atomic mass is 10.5. The lowest BCUT2D eigenvalue weighted by molar-refractivity contribution is -0.143. The first-order valence-corrected chi connectivity index (χ1v) is 7.95. The fourth-order valence-corrected chi connectivity index (χ4v) is 3.08. The molecule has 90 valence electrons. The zero-order chi connectivity index (χ0) is 11.7. The van der Waals surface area contributed by atoms with Crippen LogP contribution in [0.3, 0.4) is 0 Å². The molecule has 15 heavy (non-hydrogen) atoms. The molecule has 0 aromatic rings. The molecule has 0 aliphatic heterocycles. The second kappa shape index (κ2) is 7.84. The molecule has 0 saturated heterocycles. The van der Waals surface area contributed by atoms with E-state index in [4.69, 9.17) is 13.6 Å². The first-order chi connectivity index (χ1) is 7.08. The van der Waals surface area contributed by atoms with Gasteiger partial charge in [-0.25, -0.2) is 0 Å². The Morgan fingerprint density at radius 3 is 2.47 bits per heavy atom. The van der Waals surface area contributed by atoms with E-state index in [0.717, 1.165) is 12.5 Å². The van der Waals surface area contributed by atoms with Gasteiger partial charge >= 0.3 is 14.5 Å². The normalized spacial score (nSPS) is 14.7. The number of esters is 1. The van der Waals surface area contributed by atoms with E-state index in [2.05, 4.69) is 0 Å². The molecule has 1 atom stereocenters. The molecule has 0 heterocycles. The maximum atomic E-state index is 10.9. The Bertz CT molecular complexity index is 186. The first kappa shape index (κ1) is 14.6. The van der Waals surface area contributed by atoms with Gasteiger partial charge in [0, 0.05) is 20.1 Å². The molecule has 4 nitrogen and oxygen atoms in total. The summed E-state index contributed by atoms with van der Waals surface area (Å²) in [6.07, 6.45) is 1.24. The van der Waals surface area contributed by atoms with E-state index in [-0.39, 0.29) is 5.97 Å². The van der Waals surface area contributed by atoms with E-state index in [9.17, 15) is 4.79 Å². The second-order valence-electron chi connectivity index (χ2n) is 3.45. The molecule has 0 aromatic carbocycles. The van der Waals surface area contributed by atoms with Crippen LogP contribution in [0.4, 0.5) is 0 Å². The summed E-state index contributed by atoms with van der Waals surface area (Å²) >= 11 is 0. The summed E-state index contributed by atoms with van der Waals surface area (Å²) in [6, 6.07) is 0.855. The summed E-state index contributed by atoms with van der Waals surface area (Å²) in [7, 11) is -0.316. The lowest BCUT2D eigenvalue weighted by Gasteiger charge is -2.24. The van der Waals surface area contributed by atoms with Gasteiger partial charge in [0.1, 0.15) is 0 Å². The van der Waals surface area contributed by atoms with Crippen molar-refractivity contribution in [3.8, 4) is 0 Å². The predicted octanol–water partition coefficient (Wildman–Crippen LogP) is 2.08. The monoisotopic (exact) mass is 234 g/mol. The molecule has 0 saturated carbocycles. The highest BCUT2D eigenvalue weighted by atomic mass is 28.4. The third-order valence-corrected chi connectivity index (χ3v) is 5.23. The van der Waals surface area contributed by atoms with Gasteiger partial charge in [0.05, 0.1) is 6.61 Å². The van der Waals surface area contributed by atoms with Crippen molar-refractivity contribution in [2.75, 3.05) is 20.3 Å². The van der Waals surface area contributed by atoms with E-state index < -0.39 is 8.56 Å². The van der Waals surface area contributed by atoms with Gasteiger partial charge in [0.25, 0.3) is 0 Å². The van der Waals surface area contributed by atoms with Crippen molar-refractivity contribution < 1.29 is 18.4 Å². The standard InChI is InChI=1S/C10H22O4Si/c1-5-10(11)13-8-7-9-15(4,12-3)14-6-2/h5-9H2,1-4H3. The molecule has 0 aliphatic rings. The minimum Gasteiger partial charge on any atom is -0.466 e. The molecule has 0 rings (SSSR count). The average Bonchev–Trinajstić information content (AvgIpc) is 2.24. The van der Waals surface area contributed by atoms with Crippen molar-refractivity contribution in [2.24, 2.45) is 0 Å². The number of hydrogen-bond acceptors (Lipinski definition) is 4. The van der Waals surface area contributed by atoms with Crippen LogP contribution in [-0.4, -0.2) is 34.9 Å². The fraction of sp³-hybridized carbons (Fsp3) is 0.900. The Hall–Kier alpha value is -0.393. The number of carbonyl (C=O) groups is 1. The van der Waals surface area contributed by atoms with Gasteiger partial charge in [0.15, 0.2) is 0 Å². The number of ether oxygens (including phenoxy) is 1. The highest BCUT2D eigenvalue weighted by Crippen LogP contribution is 2.14. The van der Waals surface area contributed by atoms with Crippen molar-refractivity contribution >= 4 is 14.5 Å². The van der Waals surface area contributed by atoms with Crippen molar-refractivity contribution in [1.29, 1.82) is 0 Å². The Labute approximate surface area is 93.2 Å². The maximum Gasteiger partial charge on any atom is 0.334 e. The van der Waals surface area contributed by atoms with E-state index in [0.29, 0.717) is 19.6 Å². The average molecular weight is 234 g/mol. The molecule has 0 aromatic heterocycles. The number of carbonyl (C=O) groups excluding carboxylic acids is 1. The van der Waals surface area contributed by atoms with Gasteiger partial charge in [-0.3, -0.25) is 4.79 Å². The quantitative estimate of drug-likeness (QED) is 0.366. The largest absolute Gasteiger partial charge is 0.466 e. The molecule has 0 aliphatic carbocycles. The van der Waals surface area contributed by atoms with Crippen LogP contribution < -0.4 is 0 Å². The van der Waals surface area contributed by atoms with Crippen molar-refractivity contribution in [3.05, 3.63) is 0 Å². The topological polar surface area (TPSA) is 44.8 Å². The highest BCUT2D eigenvalue weighted by molar-refractivity contribution is 6.65. The molecule has 0 spiro atoms. The minimum atomic E-state index is -2.00. The van der Waals surface area contributed by atoms with Crippen molar-refractivity contribution in [1.82, 2.24) is 0 Å². The van der Waals surface area contributed by atoms with Gasteiger partial charge in [-0.2, -0.15) is 0 Å². The summed E-state index contributed by atoms with van der Waals surface area (Å²) in [6.45, 7) is 6.91. The van der Waals surface area contributed by atoms with Gasteiger partial charge < -0.3 is 13.6 Å². The van der Waals surface area contributed by atoms with Crippen LogP contribution in [0.25, 0.3) is 0 Å². The maximum absolute atomic E-state index is 10.9. The van der Waals surface area contributed by atoms with Gasteiger partial charge in [0.2, 0.25) is 0 Å². The summed E-state index contributed by atoms with van der Waals surface area (Å²) in [5.74, 6) is -0.146. The van der Waals surface area contributed by atoms with Crippen LogP contribution in [0, 0.1) is 0 Å². The minimum absolute atomic E-state index is 0.146. The molecule has 0 N–H and O–H groups in total. The summed E-state index contributed by atoms with van der Waals surface area (Å²) in [5.41, 5.74) is 0. The summed E-state index contributed by atoms with van der Waals surface area (Å²) in [4.78, 5) is 10.9. The highest BCUT2D eigenvalue weighted by Gasteiger charge is 2.28. The molecule has 0 radical (unpaired) electrons. The van der Waals surface area contributed by atoms with E-state index >= 15 is 0 Å². The Morgan fingerprint density at radius 2 is 2.00 bits per heavy atom. The van der Waals surface area contributed by atoms with Crippen LogP contribution in [-0.2, 0) is 18.4 Å². The van der Waals surface area contributed by atoms with Crippen LogP contribution in [0.2, 0.25) is 12.6 Å². The summed E-state index contributed by atoms with van der Waals surface area (Å²) in [5, 5.41) is 0. The third-order valence-electron chi connectivity index (χ3n) is 2.21. The number of rotatable bonds is 8. The molecule has 5 heteroatoms. The second-order valence-corrected chi connectivity index (χ2v) is 6.91. The van der Waals surface area contributed by atoms with Crippen LogP contribution >= 0.6 is 0 Å². The van der Waals surface area contributed by atoms with Crippen LogP contribution in [0.1, 0.15) is 26.7 Å². The molecule has 0 fully saturated rings. The number of hydrogen-bond donors (Lipinski definition) is 0.